The van der Waals surface area contributed by atoms with Gasteiger partial charge in [-0.3, -0.25) is 0 Å². The topological polar surface area (TPSA) is 24.1 Å². The molecule has 2 saturated heterocycles. The molecule has 0 aromatic rings. The van der Waals surface area contributed by atoms with Crippen molar-refractivity contribution in [2.24, 2.45) is 52.3 Å². The van der Waals surface area contributed by atoms with E-state index in [4.69, 9.17) is 0 Å². The standard InChI is InChI=1S/C37H72N2/c1-25(2)35(13)22-29(20-32(7,8)24-35)31(30-21-34(11,12)39-37(15,23-30)27(5)6)17-16-28-18-33(9,10)38-36(14,19-28)26(3)4/h25-31,38-39H,16-24H2,1-15H3. The van der Waals surface area contributed by atoms with Crippen molar-refractivity contribution in [3.05, 3.63) is 0 Å². The van der Waals surface area contributed by atoms with Gasteiger partial charge < -0.3 is 10.6 Å². The van der Waals surface area contributed by atoms with Crippen LogP contribution in [0.4, 0.5) is 0 Å². The molecule has 3 rings (SSSR count). The van der Waals surface area contributed by atoms with Crippen molar-refractivity contribution in [3.63, 3.8) is 0 Å². The van der Waals surface area contributed by atoms with Crippen molar-refractivity contribution in [1.82, 2.24) is 10.6 Å². The maximum absolute atomic E-state index is 4.14. The molecule has 2 aliphatic heterocycles. The highest BCUT2D eigenvalue weighted by atomic mass is 15.1. The van der Waals surface area contributed by atoms with Crippen LogP contribution in [0.25, 0.3) is 0 Å². The van der Waals surface area contributed by atoms with Gasteiger partial charge in [0.1, 0.15) is 0 Å². The second-order valence-corrected chi connectivity index (χ2v) is 19.2. The fourth-order valence-corrected chi connectivity index (χ4v) is 10.3. The highest BCUT2D eigenvalue weighted by Crippen LogP contribution is 2.57. The minimum Gasteiger partial charge on any atom is -0.306 e. The maximum atomic E-state index is 4.14. The molecule has 39 heavy (non-hydrogen) atoms. The molecule has 1 aliphatic carbocycles. The van der Waals surface area contributed by atoms with E-state index < -0.39 is 0 Å². The summed E-state index contributed by atoms with van der Waals surface area (Å²) in [5, 5.41) is 8.21. The first-order chi connectivity index (χ1) is 17.5. The third-order valence-corrected chi connectivity index (χ3v) is 12.7. The van der Waals surface area contributed by atoms with E-state index in [2.05, 4.69) is 114 Å². The average Bonchev–Trinajstić information content (AvgIpc) is 2.69. The number of nitrogens with one attached hydrogen (secondary N) is 2. The molecule has 0 bridgehead atoms. The minimum absolute atomic E-state index is 0.207. The number of hydrogen-bond acceptors (Lipinski definition) is 2. The molecule has 1 saturated carbocycles. The average molecular weight is 545 g/mol. The van der Waals surface area contributed by atoms with Crippen LogP contribution >= 0.6 is 0 Å². The summed E-state index contributed by atoms with van der Waals surface area (Å²) in [6.45, 7) is 37.5. The van der Waals surface area contributed by atoms with Crippen LogP contribution in [0.2, 0.25) is 0 Å². The Hall–Kier alpha value is -0.0800. The molecule has 7 unspecified atom stereocenters. The Bertz CT molecular complexity index is 777. The van der Waals surface area contributed by atoms with Gasteiger partial charge >= 0.3 is 0 Å². The summed E-state index contributed by atoms with van der Waals surface area (Å²) in [5.41, 5.74) is 1.81. The summed E-state index contributed by atoms with van der Waals surface area (Å²) in [4.78, 5) is 0. The Labute approximate surface area is 246 Å². The maximum Gasteiger partial charge on any atom is 0.0183 e. The van der Waals surface area contributed by atoms with Crippen molar-refractivity contribution in [2.75, 3.05) is 0 Å². The van der Waals surface area contributed by atoms with E-state index in [0.29, 0.717) is 22.7 Å². The molecule has 230 valence electrons. The molecule has 0 aromatic carbocycles. The lowest BCUT2D eigenvalue weighted by molar-refractivity contribution is -0.0386. The van der Waals surface area contributed by atoms with Gasteiger partial charge in [-0.1, -0.05) is 68.7 Å². The van der Waals surface area contributed by atoms with Crippen LogP contribution in [0, 0.1) is 52.3 Å². The molecular weight excluding hydrogens is 472 g/mol. The Morgan fingerprint density at radius 3 is 1.56 bits per heavy atom. The van der Waals surface area contributed by atoms with Gasteiger partial charge in [-0.05, 0) is 145 Å². The molecule has 3 fully saturated rings. The van der Waals surface area contributed by atoms with Crippen LogP contribution in [-0.2, 0) is 0 Å². The molecule has 2 heteroatoms. The van der Waals surface area contributed by atoms with E-state index in [1.165, 1.54) is 57.8 Å². The van der Waals surface area contributed by atoms with E-state index >= 15 is 0 Å². The van der Waals surface area contributed by atoms with E-state index in [9.17, 15) is 0 Å². The second kappa shape index (κ2) is 11.2. The van der Waals surface area contributed by atoms with Gasteiger partial charge in [0.15, 0.2) is 0 Å². The Morgan fingerprint density at radius 1 is 0.564 bits per heavy atom. The van der Waals surface area contributed by atoms with E-state index in [0.717, 1.165) is 29.6 Å². The lowest BCUT2D eigenvalue weighted by Crippen LogP contribution is -2.63. The largest absolute Gasteiger partial charge is 0.306 e. The van der Waals surface area contributed by atoms with Crippen molar-refractivity contribution in [1.29, 1.82) is 0 Å². The van der Waals surface area contributed by atoms with Crippen molar-refractivity contribution in [3.8, 4) is 0 Å². The molecule has 0 aromatic heterocycles. The number of piperidine rings is 2. The first kappa shape index (κ1) is 33.4. The Kier molecular flexibility index (Phi) is 9.60. The number of rotatable bonds is 8. The summed E-state index contributed by atoms with van der Waals surface area (Å²) in [7, 11) is 0. The third kappa shape index (κ3) is 7.86. The molecule has 2 N–H and O–H groups in total. The van der Waals surface area contributed by atoms with Gasteiger partial charge in [0.05, 0.1) is 0 Å². The van der Waals surface area contributed by atoms with Gasteiger partial charge in [0.25, 0.3) is 0 Å². The molecule has 2 nitrogen and oxygen atoms in total. The first-order valence-electron chi connectivity index (χ1n) is 17.1. The SMILES string of the molecule is CC(C)C1(C)CC(C(CCC2CC(C)(C)NC(C)(C(C)C)C2)C2CC(C)(C)NC(C)(C(C)C)C2)CC(C)(C)C1. The zero-order chi connectivity index (χ0) is 29.8. The van der Waals surface area contributed by atoms with Crippen molar-refractivity contribution < 1.29 is 0 Å². The van der Waals surface area contributed by atoms with E-state index in [-0.39, 0.29) is 22.2 Å². The smallest absolute Gasteiger partial charge is 0.0183 e. The number of hydrogen-bond donors (Lipinski definition) is 2. The first-order valence-corrected chi connectivity index (χ1v) is 17.1. The minimum atomic E-state index is 0.207. The quantitative estimate of drug-likeness (QED) is 0.317. The van der Waals surface area contributed by atoms with Crippen LogP contribution in [0.5, 0.6) is 0 Å². The molecule has 0 radical (unpaired) electrons. The normalized spacial score (nSPS) is 41.2. The van der Waals surface area contributed by atoms with E-state index in [1.54, 1.807) is 0 Å². The highest BCUT2D eigenvalue weighted by molar-refractivity contribution is 5.05. The van der Waals surface area contributed by atoms with Crippen LogP contribution in [0.15, 0.2) is 0 Å². The van der Waals surface area contributed by atoms with Crippen LogP contribution in [0.3, 0.4) is 0 Å². The molecule has 0 amide bonds. The fourth-order valence-electron chi connectivity index (χ4n) is 10.3. The van der Waals surface area contributed by atoms with Gasteiger partial charge in [0.2, 0.25) is 0 Å². The fraction of sp³-hybridized carbons (Fsp3) is 1.00. The predicted octanol–water partition coefficient (Wildman–Crippen LogP) is 10.3. The van der Waals surface area contributed by atoms with Gasteiger partial charge in [-0.2, -0.15) is 0 Å². The molecule has 3 aliphatic rings. The van der Waals surface area contributed by atoms with Crippen molar-refractivity contribution >= 4 is 0 Å². The third-order valence-electron chi connectivity index (χ3n) is 12.7. The second-order valence-electron chi connectivity index (χ2n) is 19.2. The van der Waals surface area contributed by atoms with Crippen molar-refractivity contribution in [2.45, 2.75) is 184 Å². The molecule has 7 atom stereocenters. The highest BCUT2D eigenvalue weighted by Gasteiger charge is 2.50. The monoisotopic (exact) mass is 545 g/mol. The predicted molar refractivity (Wildman–Crippen MR) is 173 cm³/mol. The van der Waals surface area contributed by atoms with Crippen LogP contribution in [0.1, 0.15) is 162 Å². The van der Waals surface area contributed by atoms with Crippen LogP contribution < -0.4 is 10.6 Å². The van der Waals surface area contributed by atoms with E-state index in [1.807, 2.05) is 0 Å². The van der Waals surface area contributed by atoms with Gasteiger partial charge in [-0.15, -0.1) is 0 Å². The van der Waals surface area contributed by atoms with Gasteiger partial charge in [-0.25, -0.2) is 0 Å². The summed E-state index contributed by atoms with van der Waals surface area (Å²) < 4.78 is 0. The zero-order valence-corrected chi connectivity index (χ0v) is 29.4. The molecular formula is C37H72N2. The Morgan fingerprint density at radius 2 is 1.05 bits per heavy atom. The summed E-state index contributed by atoms with van der Waals surface area (Å²) >= 11 is 0. The summed E-state index contributed by atoms with van der Waals surface area (Å²) in [6.07, 6.45) is 12.4. The lowest BCUT2D eigenvalue weighted by Gasteiger charge is -2.56. The lowest BCUT2D eigenvalue weighted by atomic mass is 9.52. The molecule has 2 heterocycles. The molecule has 0 spiro atoms. The van der Waals surface area contributed by atoms with Gasteiger partial charge in [0, 0.05) is 22.2 Å². The Balaban J connectivity index is 1.95. The zero-order valence-electron chi connectivity index (χ0n) is 29.4. The summed E-state index contributed by atoms with van der Waals surface area (Å²) in [5.74, 6) is 5.40. The van der Waals surface area contributed by atoms with Crippen LogP contribution in [-0.4, -0.2) is 22.2 Å². The summed E-state index contributed by atoms with van der Waals surface area (Å²) in [6, 6.07) is 0.